The van der Waals surface area contributed by atoms with Gasteiger partial charge in [-0.2, -0.15) is 0 Å². The average Bonchev–Trinajstić information content (AvgIpc) is 2.61. The second-order valence-electron chi connectivity index (χ2n) is 6.30. The molecule has 26 heavy (non-hydrogen) atoms. The summed E-state index contributed by atoms with van der Waals surface area (Å²) >= 11 is 0. The van der Waals surface area contributed by atoms with Gasteiger partial charge in [0.05, 0.1) is 12.7 Å². The normalized spacial score (nSPS) is 19.3. The zero-order valence-corrected chi connectivity index (χ0v) is 15.8. The van der Waals surface area contributed by atoms with Gasteiger partial charge in [-0.25, -0.2) is 0 Å². The number of ether oxygens (including phenoxy) is 2. The molecule has 1 fully saturated rings. The first-order chi connectivity index (χ1) is 12.1. The number of nitrogens with one attached hydrogen (secondary N) is 2. The van der Waals surface area contributed by atoms with E-state index in [1.807, 2.05) is 43.3 Å². The van der Waals surface area contributed by atoms with Crippen LogP contribution in [0.1, 0.15) is 18.1 Å². The van der Waals surface area contributed by atoms with Crippen LogP contribution in [0.25, 0.3) is 0 Å². The molecule has 0 unspecified atom stereocenters. The van der Waals surface area contributed by atoms with Crippen LogP contribution in [0.4, 0.5) is 5.69 Å². The first-order valence-corrected chi connectivity index (χ1v) is 8.56. The van der Waals surface area contributed by atoms with Gasteiger partial charge in [0.1, 0.15) is 18.4 Å². The van der Waals surface area contributed by atoms with Crippen molar-refractivity contribution in [2.75, 3.05) is 18.5 Å². The van der Waals surface area contributed by atoms with Crippen molar-refractivity contribution in [1.29, 1.82) is 0 Å². The van der Waals surface area contributed by atoms with Crippen molar-refractivity contribution in [3.05, 3.63) is 59.7 Å². The van der Waals surface area contributed by atoms with Gasteiger partial charge < -0.3 is 20.1 Å². The second kappa shape index (κ2) is 9.57. The summed E-state index contributed by atoms with van der Waals surface area (Å²) in [4.78, 5) is 12.4. The van der Waals surface area contributed by atoms with Crippen LogP contribution in [0.15, 0.2) is 48.5 Å². The molecule has 140 valence electrons. The number of aryl methyl sites for hydroxylation is 1. The van der Waals surface area contributed by atoms with Crippen molar-refractivity contribution in [2.24, 2.45) is 0 Å². The Morgan fingerprint density at radius 3 is 2.85 bits per heavy atom. The van der Waals surface area contributed by atoms with Crippen LogP contribution < -0.4 is 15.4 Å². The maximum atomic E-state index is 12.4. The quantitative estimate of drug-likeness (QED) is 0.840. The van der Waals surface area contributed by atoms with Crippen LogP contribution in [0.2, 0.25) is 0 Å². The number of morpholine rings is 1. The summed E-state index contributed by atoms with van der Waals surface area (Å²) in [5, 5.41) is 6.12. The Labute approximate surface area is 160 Å². The summed E-state index contributed by atoms with van der Waals surface area (Å²) in [7, 11) is 0. The zero-order valence-electron chi connectivity index (χ0n) is 15.0. The molecule has 1 aliphatic heterocycles. The average molecular weight is 377 g/mol. The number of anilines is 1. The fourth-order valence-corrected chi connectivity index (χ4v) is 2.88. The molecule has 0 aromatic heterocycles. The minimum atomic E-state index is -0.342. The van der Waals surface area contributed by atoms with E-state index in [4.69, 9.17) is 9.47 Å². The van der Waals surface area contributed by atoms with Gasteiger partial charge in [-0.1, -0.05) is 35.9 Å². The van der Waals surface area contributed by atoms with Crippen LogP contribution in [-0.2, 0) is 16.1 Å². The molecule has 2 atom stereocenters. The predicted molar refractivity (Wildman–Crippen MR) is 105 cm³/mol. The molecule has 2 N–H and O–H groups in total. The van der Waals surface area contributed by atoms with Gasteiger partial charge in [0.2, 0.25) is 5.91 Å². The van der Waals surface area contributed by atoms with Gasteiger partial charge in [0.25, 0.3) is 0 Å². The molecule has 5 nitrogen and oxygen atoms in total. The first kappa shape index (κ1) is 20.2. The maximum Gasteiger partial charge on any atom is 0.244 e. The molecule has 1 saturated heterocycles. The number of rotatable bonds is 5. The molecule has 3 rings (SSSR count). The number of amides is 1. The molecular weight excluding hydrogens is 352 g/mol. The lowest BCUT2D eigenvalue weighted by Crippen LogP contribution is -2.53. The minimum absolute atomic E-state index is 0. The Bertz CT molecular complexity index is 739. The van der Waals surface area contributed by atoms with E-state index in [2.05, 4.69) is 29.7 Å². The summed E-state index contributed by atoms with van der Waals surface area (Å²) in [6.07, 6.45) is -0.144. The second-order valence-corrected chi connectivity index (χ2v) is 6.30. The third kappa shape index (κ3) is 5.46. The van der Waals surface area contributed by atoms with E-state index in [1.165, 1.54) is 5.56 Å². The molecule has 0 spiro atoms. The van der Waals surface area contributed by atoms with E-state index in [1.54, 1.807) is 0 Å². The summed E-state index contributed by atoms with van der Waals surface area (Å²) in [5.41, 5.74) is 3.04. The maximum absolute atomic E-state index is 12.4. The van der Waals surface area contributed by atoms with E-state index in [-0.39, 0.29) is 30.5 Å². The smallest absolute Gasteiger partial charge is 0.244 e. The number of benzene rings is 2. The van der Waals surface area contributed by atoms with Gasteiger partial charge in [-0.15, -0.1) is 12.4 Å². The minimum Gasteiger partial charge on any atom is -0.489 e. The molecule has 1 heterocycles. The largest absolute Gasteiger partial charge is 0.489 e. The number of hydrogen-bond acceptors (Lipinski definition) is 4. The van der Waals surface area contributed by atoms with Crippen molar-refractivity contribution in [3.63, 3.8) is 0 Å². The van der Waals surface area contributed by atoms with Gasteiger partial charge in [0, 0.05) is 18.3 Å². The van der Waals surface area contributed by atoms with Gasteiger partial charge in [0.15, 0.2) is 0 Å². The number of carbonyl (C=O) groups is 1. The lowest BCUT2D eigenvalue weighted by molar-refractivity contribution is -0.123. The summed E-state index contributed by atoms with van der Waals surface area (Å²) in [6.45, 7) is 5.77. The van der Waals surface area contributed by atoms with E-state index in [9.17, 15) is 4.79 Å². The van der Waals surface area contributed by atoms with Crippen molar-refractivity contribution in [2.45, 2.75) is 32.6 Å². The molecule has 0 radical (unpaired) electrons. The summed E-state index contributed by atoms with van der Waals surface area (Å²) in [5.74, 6) is 0.628. The molecule has 6 heteroatoms. The third-order valence-electron chi connectivity index (χ3n) is 4.19. The Morgan fingerprint density at radius 1 is 1.27 bits per heavy atom. The molecule has 2 aromatic rings. The monoisotopic (exact) mass is 376 g/mol. The van der Waals surface area contributed by atoms with Crippen LogP contribution in [0, 0.1) is 6.92 Å². The van der Waals surface area contributed by atoms with Crippen molar-refractivity contribution in [3.8, 4) is 5.75 Å². The van der Waals surface area contributed by atoms with Gasteiger partial charge in [-0.05, 0) is 31.5 Å². The highest BCUT2D eigenvalue weighted by molar-refractivity contribution is 5.95. The summed E-state index contributed by atoms with van der Waals surface area (Å²) in [6, 6.07) is 15.3. The molecule has 1 aliphatic rings. The van der Waals surface area contributed by atoms with E-state index >= 15 is 0 Å². The Morgan fingerprint density at radius 2 is 2.08 bits per heavy atom. The molecule has 0 saturated carbocycles. The van der Waals surface area contributed by atoms with Crippen LogP contribution in [0.5, 0.6) is 5.75 Å². The Hall–Kier alpha value is -2.08. The standard InChI is InChI=1S/C20H24N2O3.ClH/c1-14-5-3-6-16(11-14)13-25-18-8-4-7-17(12-18)22-20(23)19-15(2)24-10-9-21-19;/h3-8,11-12,15,19,21H,9-10,13H2,1-2H3,(H,22,23);1H/t15-,19+;/m1./s1. The number of halogens is 1. The summed E-state index contributed by atoms with van der Waals surface area (Å²) < 4.78 is 11.4. The SMILES string of the molecule is Cc1cccc(COc2cccc(NC(=O)[C@H]3NCCO[C@@H]3C)c2)c1.Cl. The van der Waals surface area contributed by atoms with Crippen molar-refractivity contribution in [1.82, 2.24) is 5.32 Å². The fraction of sp³-hybridized carbons (Fsp3) is 0.350. The number of hydrogen-bond donors (Lipinski definition) is 2. The van der Waals surface area contributed by atoms with Gasteiger partial charge >= 0.3 is 0 Å². The highest BCUT2D eigenvalue weighted by atomic mass is 35.5. The van der Waals surface area contributed by atoms with Gasteiger partial charge in [-0.3, -0.25) is 4.79 Å². The fourth-order valence-electron chi connectivity index (χ4n) is 2.88. The molecular formula is C20H25ClN2O3. The van der Waals surface area contributed by atoms with Crippen molar-refractivity contribution < 1.29 is 14.3 Å². The molecule has 2 aromatic carbocycles. The molecule has 1 amide bonds. The third-order valence-corrected chi connectivity index (χ3v) is 4.19. The first-order valence-electron chi connectivity index (χ1n) is 8.56. The zero-order chi connectivity index (χ0) is 17.6. The predicted octanol–water partition coefficient (Wildman–Crippen LogP) is 3.31. The highest BCUT2D eigenvalue weighted by Gasteiger charge is 2.28. The molecule has 0 bridgehead atoms. The highest BCUT2D eigenvalue weighted by Crippen LogP contribution is 2.19. The lowest BCUT2D eigenvalue weighted by atomic mass is 10.1. The lowest BCUT2D eigenvalue weighted by Gasteiger charge is -2.29. The van der Waals surface area contributed by atoms with E-state index < -0.39 is 0 Å². The Kier molecular flexibility index (Phi) is 7.45. The van der Waals surface area contributed by atoms with Crippen molar-refractivity contribution >= 4 is 24.0 Å². The van der Waals surface area contributed by atoms with Crippen LogP contribution >= 0.6 is 12.4 Å². The van der Waals surface area contributed by atoms with Crippen LogP contribution in [-0.4, -0.2) is 31.2 Å². The van der Waals surface area contributed by atoms with E-state index in [0.717, 1.165) is 11.3 Å². The van der Waals surface area contributed by atoms with Crippen LogP contribution in [0.3, 0.4) is 0 Å². The van der Waals surface area contributed by atoms with E-state index in [0.29, 0.717) is 25.4 Å². The molecule has 0 aliphatic carbocycles. The number of carbonyl (C=O) groups excluding carboxylic acids is 1. The topological polar surface area (TPSA) is 59.6 Å². The Balaban J connectivity index is 0.00000243.